The van der Waals surface area contributed by atoms with Gasteiger partial charge < -0.3 is 4.74 Å². The first-order chi connectivity index (χ1) is 13.7. The molecule has 0 aliphatic heterocycles. The van der Waals surface area contributed by atoms with Gasteiger partial charge in [-0.15, -0.1) is 11.3 Å². The Morgan fingerprint density at radius 3 is 2.52 bits per heavy atom. The van der Waals surface area contributed by atoms with E-state index in [1.807, 2.05) is 25.1 Å². The quantitative estimate of drug-likeness (QED) is 0.383. The third kappa shape index (κ3) is 3.66. The van der Waals surface area contributed by atoms with Gasteiger partial charge in [-0.1, -0.05) is 11.6 Å². The largest absolute Gasteiger partial charge is 0.496 e. The second-order valence-corrected chi connectivity index (χ2v) is 9.37. The maximum atomic E-state index is 12.9. The van der Waals surface area contributed by atoms with E-state index in [0.717, 1.165) is 56.5 Å². The summed E-state index contributed by atoms with van der Waals surface area (Å²) in [4.78, 5) is 9.95. The molecule has 0 saturated heterocycles. The molecule has 0 N–H and O–H groups in total. The van der Waals surface area contributed by atoms with Gasteiger partial charge in [-0.05, 0) is 60.0 Å². The van der Waals surface area contributed by atoms with Crippen LogP contribution in [0.15, 0.2) is 34.9 Å². The minimum absolute atomic E-state index is 0.0268. The summed E-state index contributed by atoms with van der Waals surface area (Å²) in [5, 5.41) is 0.852. The van der Waals surface area contributed by atoms with Crippen LogP contribution in [-0.4, -0.2) is 17.1 Å². The maximum Gasteiger partial charge on any atom is 0.417 e. The van der Waals surface area contributed by atoms with Crippen molar-refractivity contribution >= 4 is 38.9 Å². The molecule has 0 amide bonds. The number of benzene rings is 1. The number of alkyl halides is 3. The lowest BCUT2D eigenvalue weighted by atomic mass is 10.0. The summed E-state index contributed by atoms with van der Waals surface area (Å²) >= 11 is 11.2. The van der Waals surface area contributed by atoms with E-state index in [4.69, 9.17) is 21.3 Å². The van der Waals surface area contributed by atoms with Gasteiger partial charge in [-0.3, -0.25) is 4.98 Å². The number of hydrogen-bond donors (Lipinski definition) is 0. The average molecular weight is 504 g/mol. The highest BCUT2D eigenvalue weighted by Gasteiger charge is 2.51. The first-order valence-electron chi connectivity index (χ1n) is 8.71. The molecule has 3 aromatic rings. The molecular weight excluding hydrogens is 489 g/mol. The molecule has 2 aromatic heterocycles. The van der Waals surface area contributed by atoms with Crippen LogP contribution in [0.3, 0.4) is 0 Å². The van der Waals surface area contributed by atoms with Gasteiger partial charge in [0.1, 0.15) is 10.8 Å². The molecule has 3 nitrogen and oxygen atoms in total. The Labute approximate surface area is 183 Å². The number of aromatic nitrogens is 2. The van der Waals surface area contributed by atoms with Crippen molar-refractivity contribution in [2.45, 2.75) is 31.4 Å². The maximum absolute atomic E-state index is 12.9. The zero-order valence-corrected chi connectivity index (χ0v) is 18.6. The van der Waals surface area contributed by atoms with Gasteiger partial charge in [0.05, 0.1) is 39.0 Å². The molecule has 0 unspecified atom stereocenters. The topological polar surface area (TPSA) is 35.0 Å². The number of methoxy groups -OCH3 is 1. The predicted molar refractivity (Wildman–Crippen MR) is 111 cm³/mol. The number of hydrogen-bond acceptors (Lipinski definition) is 4. The number of pyridine rings is 1. The van der Waals surface area contributed by atoms with Crippen molar-refractivity contribution in [1.29, 1.82) is 0 Å². The Kier molecular flexibility index (Phi) is 5.16. The smallest absolute Gasteiger partial charge is 0.417 e. The Balaban J connectivity index is 1.73. The van der Waals surface area contributed by atoms with E-state index in [-0.39, 0.29) is 5.02 Å². The third-order valence-corrected chi connectivity index (χ3v) is 7.09. The normalized spacial score (nSPS) is 15.4. The highest BCUT2D eigenvalue weighted by Crippen LogP contribution is 2.56. The van der Waals surface area contributed by atoms with Crippen LogP contribution in [-0.2, 0) is 11.6 Å². The SMILES string of the molecule is COc1ccc(-c2nc(C3(c4ncc(C(F)(F)F)cc4Cl)CC3)sc2C)cc1Br. The van der Waals surface area contributed by atoms with Crippen molar-refractivity contribution in [3.63, 3.8) is 0 Å². The summed E-state index contributed by atoms with van der Waals surface area (Å²) in [5.41, 5.74) is 0.866. The molecule has 0 bridgehead atoms. The molecule has 1 aliphatic rings. The Bertz CT molecular complexity index is 1100. The third-order valence-electron chi connectivity index (χ3n) is 5.00. The van der Waals surface area contributed by atoms with E-state index >= 15 is 0 Å². The number of aryl methyl sites for hydroxylation is 1. The average Bonchev–Trinajstić information content (AvgIpc) is 3.36. The highest BCUT2D eigenvalue weighted by atomic mass is 79.9. The van der Waals surface area contributed by atoms with Crippen LogP contribution in [0, 0.1) is 6.92 Å². The molecule has 4 rings (SSSR count). The summed E-state index contributed by atoms with van der Waals surface area (Å²) in [5.74, 6) is 0.723. The summed E-state index contributed by atoms with van der Waals surface area (Å²) in [6.07, 6.45) is -2.12. The van der Waals surface area contributed by atoms with Crippen molar-refractivity contribution in [2.75, 3.05) is 7.11 Å². The highest BCUT2D eigenvalue weighted by molar-refractivity contribution is 9.10. The number of halogens is 5. The van der Waals surface area contributed by atoms with Crippen LogP contribution in [0.2, 0.25) is 5.02 Å². The van der Waals surface area contributed by atoms with Crippen LogP contribution in [0.25, 0.3) is 11.3 Å². The molecule has 152 valence electrons. The minimum atomic E-state index is -4.47. The fourth-order valence-electron chi connectivity index (χ4n) is 3.30. The van der Waals surface area contributed by atoms with Crippen LogP contribution in [0.5, 0.6) is 5.75 Å². The van der Waals surface area contributed by atoms with Gasteiger partial charge in [-0.2, -0.15) is 13.2 Å². The van der Waals surface area contributed by atoms with E-state index in [0.29, 0.717) is 5.69 Å². The number of ether oxygens (including phenoxy) is 1. The van der Waals surface area contributed by atoms with Crippen molar-refractivity contribution in [3.05, 3.63) is 61.1 Å². The molecule has 0 radical (unpaired) electrons. The van der Waals surface area contributed by atoms with Crippen LogP contribution >= 0.6 is 38.9 Å². The second kappa shape index (κ2) is 7.25. The minimum Gasteiger partial charge on any atom is -0.496 e. The van der Waals surface area contributed by atoms with E-state index in [2.05, 4.69) is 20.9 Å². The van der Waals surface area contributed by atoms with Crippen molar-refractivity contribution in [2.24, 2.45) is 0 Å². The Morgan fingerprint density at radius 2 is 1.97 bits per heavy atom. The molecule has 0 spiro atoms. The molecule has 1 aliphatic carbocycles. The fraction of sp³-hybridized carbons (Fsp3) is 0.300. The van der Waals surface area contributed by atoms with Crippen molar-refractivity contribution in [1.82, 2.24) is 9.97 Å². The summed E-state index contributed by atoms with van der Waals surface area (Å²) in [7, 11) is 1.60. The van der Waals surface area contributed by atoms with E-state index < -0.39 is 17.2 Å². The lowest BCUT2D eigenvalue weighted by molar-refractivity contribution is -0.137. The van der Waals surface area contributed by atoms with E-state index in [1.54, 1.807) is 7.11 Å². The molecule has 0 atom stereocenters. The molecule has 1 fully saturated rings. The summed E-state index contributed by atoms with van der Waals surface area (Å²) < 4.78 is 44.9. The lowest BCUT2D eigenvalue weighted by Crippen LogP contribution is -2.14. The fourth-order valence-corrected chi connectivity index (χ4v) is 5.38. The van der Waals surface area contributed by atoms with Gasteiger partial charge in [0, 0.05) is 16.6 Å². The molecular formula is C20H15BrClF3N2OS. The summed E-state index contributed by atoms with van der Waals surface area (Å²) in [6.45, 7) is 1.98. The van der Waals surface area contributed by atoms with Gasteiger partial charge in [0.15, 0.2) is 0 Å². The monoisotopic (exact) mass is 502 g/mol. The van der Waals surface area contributed by atoms with Crippen molar-refractivity contribution < 1.29 is 17.9 Å². The van der Waals surface area contributed by atoms with Gasteiger partial charge in [0.2, 0.25) is 0 Å². The molecule has 1 saturated carbocycles. The van der Waals surface area contributed by atoms with Crippen LogP contribution < -0.4 is 4.74 Å². The summed E-state index contributed by atoms with van der Waals surface area (Å²) in [6, 6.07) is 6.68. The first-order valence-corrected chi connectivity index (χ1v) is 10.7. The molecule has 9 heteroatoms. The predicted octanol–water partition coefficient (Wildman–Crippen LogP) is 7.04. The van der Waals surface area contributed by atoms with Crippen LogP contribution in [0.1, 0.15) is 34.0 Å². The second-order valence-electron chi connectivity index (χ2n) is 6.91. The van der Waals surface area contributed by atoms with Gasteiger partial charge in [0.25, 0.3) is 0 Å². The number of rotatable bonds is 4. The Morgan fingerprint density at radius 1 is 1.24 bits per heavy atom. The first kappa shape index (κ1) is 20.6. The van der Waals surface area contributed by atoms with Gasteiger partial charge in [-0.25, -0.2) is 4.98 Å². The number of nitrogens with zero attached hydrogens (tertiary/aromatic N) is 2. The van der Waals surface area contributed by atoms with Gasteiger partial charge >= 0.3 is 6.18 Å². The molecule has 29 heavy (non-hydrogen) atoms. The zero-order chi connectivity index (χ0) is 21.0. The standard InChI is InChI=1S/C20H15BrClF3N2OS/c1-10-16(11-3-4-15(28-2)13(21)7-11)27-18(29-10)19(5-6-19)17-14(22)8-12(9-26-17)20(23,24)25/h3-4,7-9H,5-6H2,1-2H3. The number of thiazole rings is 1. The Hall–Kier alpha value is -1.64. The van der Waals surface area contributed by atoms with Crippen molar-refractivity contribution in [3.8, 4) is 17.0 Å². The van der Waals surface area contributed by atoms with Crippen LogP contribution in [0.4, 0.5) is 13.2 Å². The molecule has 1 aromatic carbocycles. The van der Waals surface area contributed by atoms with E-state index in [9.17, 15) is 13.2 Å². The van der Waals surface area contributed by atoms with E-state index in [1.165, 1.54) is 11.3 Å². The zero-order valence-electron chi connectivity index (χ0n) is 15.4. The lowest BCUT2D eigenvalue weighted by Gasteiger charge is -2.15. The molecule has 2 heterocycles.